The van der Waals surface area contributed by atoms with Crippen LogP contribution >= 0.6 is 0 Å². The molecule has 0 aliphatic carbocycles. The monoisotopic (exact) mass is 261 g/mol. The maximum atomic E-state index is 11.5. The summed E-state index contributed by atoms with van der Waals surface area (Å²) in [6.07, 6.45) is 2.78. The third-order valence-corrected chi connectivity index (χ3v) is 2.22. The smallest absolute Gasteiger partial charge is 0.353 e. The quantitative estimate of drug-likeness (QED) is 0.725. The van der Waals surface area contributed by atoms with Crippen molar-refractivity contribution in [1.29, 1.82) is 0 Å². The molecule has 2 aromatic rings. The van der Waals surface area contributed by atoms with Crippen molar-refractivity contribution >= 4 is 23.8 Å². The van der Waals surface area contributed by atoms with Gasteiger partial charge in [-0.1, -0.05) is 0 Å². The predicted molar refractivity (Wildman–Crippen MR) is 66.7 cm³/mol. The van der Waals surface area contributed by atoms with Gasteiger partial charge < -0.3 is 14.8 Å². The summed E-state index contributed by atoms with van der Waals surface area (Å²) in [4.78, 5) is 22.1. The van der Waals surface area contributed by atoms with E-state index in [1.165, 1.54) is 18.2 Å². The van der Waals surface area contributed by atoms with Crippen molar-refractivity contribution in [3.05, 3.63) is 41.5 Å². The Hall–Kier alpha value is -2.83. The number of rotatable bonds is 4. The topological polar surface area (TPSA) is 108 Å². The van der Waals surface area contributed by atoms with E-state index in [2.05, 4.69) is 15.5 Å². The van der Waals surface area contributed by atoms with Gasteiger partial charge in [0.05, 0.1) is 0 Å². The van der Waals surface area contributed by atoms with Crippen LogP contribution in [0.2, 0.25) is 0 Å². The van der Waals surface area contributed by atoms with Gasteiger partial charge in [-0.3, -0.25) is 9.89 Å². The molecule has 0 bridgehead atoms. The molecule has 0 unspecified atom stereocenters. The minimum Gasteiger partial charge on any atom is -0.477 e. The highest BCUT2D eigenvalue weighted by atomic mass is 16.4. The molecule has 0 fully saturated rings. The number of furan rings is 1. The van der Waals surface area contributed by atoms with Crippen molar-refractivity contribution in [3.63, 3.8) is 0 Å². The number of amides is 1. The highest BCUT2D eigenvalue weighted by Crippen LogP contribution is 2.09. The third-order valence-electron chi connectivity index (χ3n) is 2.22. The molecule has 2 heterocycles. The molecule has 98 valence electrons. The third kappa shape index (κ3) is 3.32. The van der Waals surface area contributed by atoms with E-state index in [-0.39, 0.29) is 11.5 Å². The number of anilines is 1. The zero-order valence-corrected chi connectivity index (χ0v) is 10.0. The second kappa shape index (κ2) is 5.21. The van der Waals surface area contributed by atoms with Gasteiger partial charge in [0.2, 0.25) is 5.91 Å². The molecule has 0 aliphatic rings. The van der Waals surface area contributed by atoms with E-state index in [1.54, 1.807) is 19.1 Å². The summed E-state index contributed by atoms with van der Waals surface area (Å²) in [6, 6.07) is 4.74. The standard InChI is InChI=1S/C12H11N3O4/c1-7-2-3-8(19-7)4-5-11(16)13-10-6-9(12(17)18)14-15-10/h2-6H,1H3,(H,17,18)(H2,13,14,15,16)/b5-4+. The molecule has 0 aromatic carbocycles. The van der Waals surface area contributed by atoms with Crippen molar-refractivity contribution in [1.82, 2.24) is 10.2 Å². The SMILES string of the molecule is Cc1ccc(/C=C/C(=O)Nc2cc(C(=O)O)[nH]n2)o1. The van der Waals surface area contributed by atoms with Crippen molar-refractivity contribution in [2.75, 3.05) is 5.32 Å². The summed E-state index contributed by atoms with van der Waals surface area (Å²) in [5.74, 6) is -0.130. The zero-order valence-electron chi connectivity index (χ0n) is 10.0. The van der Waals surface area contributed by atoms with Gasteiger partial charge in [0.1, 0.15) is 17.2 Å². The van der Waals surface area contributed by atoms with E-state index in [4.69, 9.17) is 9.52 Å². The van der Waals surface area contributed by atoms with Gasteiger partial charge in [0.25, 0.3) is 0 Å². The van der Waals surface area contributed by atoms with Gasteiger partial charge in [-0.05, 0) is 25.1 Å². The number of carboxylic acids is 1. The van der Waals surface area contributed by atoms with E-state index >= 15 is 0 Å². The number of hydrogen-bond acceptors (Lipinski definition) is 4. The van der Waals surface area contributed by atoms with Crippen molar-refractivity contribution in [3.8, 4) is 0 Å². The van der Waals surface area contributed by atoms with Gasteiger partial charge in [0, 0.05) is 12.1 Å². The van der Waals surface area contributed by atoms with Crippen LogP contribution in [0.1, 0.15) is 22.0 Å². The first-order valence-corrected chi connectivity index (χ1v) is 5.39. The first-order chi connectivity index (χ1) is 9.04. The Kier molecular flexibility index (Phi) is 3.46. The number of nitrogens with zero attached hydrogens (tertiary/aromatic N) is 1. The number of carbonyl (C=O) groups is 2. The summed E-state index contributed by atoms with van der Waals surface area (Å²) >= 11 is 0. The lowest BCUT2D eigenvalue weighted by Crippen LogP contribution is -2.07. The lowest BCUT2D eigenvalue weighted by atomic mass is 10.3. The Morgan fingerprint density at radius 1 is 1.47 bits per heavy atom. The molecule has 2 rings (SSSR count). The van der Waals surface area contributed by atoms with Crippen LogP contribution in [0.3, 0.4) is 0 Å². The molecule has 0 saturated heterocycles. The summed E-state index contributed by atoms with van der Waals surface area (Å²) in [5, 5.41) is 17.0. The predicted octanol–water partition coefficient (Wildman–Crippen LogP) is 1.66. The van der Waals surface area contributed by atoms with Gasteiger partial charge in [-0.15, -0.1) is 0 Å². The number of nitrogens with one attached hydrogen (secondary N) is 2. The largest absolute Gasteiger partial charge is 0.477 e. The summed E-state index contributed by atoms with van der Waals surface area (Å²) < 4.78 is 5.25. The number of aromatic amines is 1. The normalized spacial score (nSPS) is 10.8. The summed E-state index contributed by atoms with van der Waals surface area (Å²) in [6.45, 7) is 1.80. The van der Waals surface area contributed by atoms with Gasteiger partial charge in [0.15, 0.2) is 5.82 Å². The number of hydrogen-bond donors (Lipinski definition) is 3. The Labute approximate surface area is 107 Å². The number of aromatic carboxylic acids is 1. The van der Waals surface area contributed by atoms with E-state index in [0.717, 1.165) is 5.76 Å². The van der Waals surface area contributed by atoms with E-state index in [9.17, 15) is 9.59 Å². The minimum absolute atomic E-state index is 0.0964. The molecule has 0 radical (unpaired) electrons. The van der Waals surface area contributed by atoms with E-state index < -0.39 is 11.9 Å². The van der Waals surface area contributed by atoms with Gasteiger partial charge in [-0.2, -0.15) is 5.10 Å². The van der Waals surface area contributed by atoms with Crippen molar-refractivity contribution in [2.45, 2.75) is 6.92 Å². The van der Waals surface area contributed by atoms with Crippen LogP contribution in [0.25, 0.3) is 6.08 Å². The van der Waals surface area contributed by atoms with Crippen molar-refractivity contribution < 1.29 is 19.1 Å². The Balaban J connectivity index is 1.97. The molecule has 1 amide bonds. The summed E-state index contributed by atoms with van der Waals surface area (Å²) in [7, 11) is 0. The molecule has 19 heavy (non-hydrogen) atoms. The number of H-pyrrole nitrogens is 1. The molecule has 0 saturated carbocycles. The molecule has 2 aromatic heterocycles. The first kappa shape index (κ1) is 12.6. The average Bonchev–Trinajstić information content (AvgIpc) is 2.96. The lowest BCUT2D eigenvalue weighted by molar-refractivity contribution is -0.111. The molecule has 0 atom stereocenters. The highest BCUT2D eigenvalue weighted by molar-refractivity contribution is 6.01. The molecule has 0 spiro atoms. The fraction of sp³-hybridized carbons (Fsp3) is 0.0833. The van der Waals surface area contributed by atoms with E-state index in [1.807, 2.05) is 0 Å². The molecule has 7 nitrogen and oxygen atoms in total. The number of aromatic nitrogens is 2. The zero-order chi connectivity index (χ0) is 13.8. The molecular formula is C12H11N3O4. The highest BCUT2D eigenvalue weighted by Gasteiger charge is 2.08. The molecule has 7 heteroatoms. The fourth-order valence-corrected chi connectivity index (χ4v) is 1.36. The van der Waals surface area contributed by atoms with Gasteiger partial charge >= 0.3 is 5.97 Å². The second-order valence-corrected chi connectivity index (χ2v) is 3.74. The minimum atomic E-state index is -1.14. The maximum absolute atomic E-state index is 11.5. The average molecular weight is 261 g/mol. The van der Waals surface area contributed by atoms with Crippen LogP contribution in [0.4, 0.5) is 5.82 Å². The summed E-state index contributed by atoms with van der Waals surface area (Å²) in [5.41, 5.74) is -0.0964. The van der Waals surface area contributed by atoms with Crippen LogP contribution in [0.5, 0.6) is 0 Å². The van der Waals surface area contributed by atoms with Crippen LogP contribution in [-0.4, -0.2) is 27.2 Å². The van der Waals surface area contributed by atoms with Crippen molar-refractivity contribution in [2.24, 2.45) is 0 Å². The first-order valence-electron chi connectivity index (χ1n) is 5.39. The molecular weight excluding hydrogens is 250 g/mol. The number of carboxylic acid groups (broad SMARTS) is 1. The lowest BCUT2D eigenvalue weighted by Gasteiger charge is -1.94. The maximum Gasteiger partial charge on any atom is 0.353 e. The Morgan fingerprint density at radius 2 is 2.26 bits per heavy atom. The van der Waals surface area contributed by atoms with Crippen LogP contribution in [-0.2, 0) is 4.79 Å². The van der Waals surface area contributed by atoms with Crippen LogP contribution in [0, 0.1) is 6.92 Å². The van der Waals surface area contributed by atoms with Crippen LogP contribution in [0.15, 0.2) is 28.7 Å². The Morgan fingerprint density at radius 3 is 2.84 bits per heavy atom. The number of aryl methyl sites for hydroxylation is 1. The number of carbonyl (C=O) groups excluding carboxylic acids is 1. The fourth-order valence-electron chi connectivity index (χ4n) is 1.36. The second-order valence-electron chi connectivity index (χ2n) is 3.74. The van der Waals surface area contributed by atoms with Gasteiger partial charge in [-0.25, -0.2) is 4.79 Å². The Bertz CT molecular complexity index is 639. The molecule has 3 N–H and O–H groups in total. The van der Waals surface area contributed by atoms with E-state index in [0.29, 0.717) is 5.76 Å². The van der Waals surface area contributed by atoms with Crippen LogP contribution < -0.4 is 5.32 Å². The molecule has 0 aliphatic heterocycles.